The minimum atomic E-state index is -1.34. The van der Waals surface area contributed by atoms with Crippen LogP contribution in [0.5, 0.6) is 0 Å². The molecule has 9 heteroatoms. The lowest BCUT2D eigenvalue weighted by molar-refractivity contribution is 0.102. The Labute approximate surface area is 238 Å². The van der Waals surface area contributed by atoms with Crippen LogP contribution in [0.1, 0.15) is 37.0 Å². The molecule has 0 aliphatic carbocycles. The maximum atomic E-state index is 12.9. The molecule has 1 heterocycles. The molecule has 7 nitrogen and oxygen atoms in total. The molecular weight excluding hydrogens is 530 g/mol. The van der Waals surface area contributed by atoms with E-state index in [0.29, 0.717) is 22.8 Å². The lowest BCUT2D eigenvalue weighted by Crippen LogP contribution is -2.33. The second-order valence-electron chi connectivity index (χ2n) is 8.72. The third-order valence-corrected chi connectivity index (χ3v) is 7.40. The first-order valence-electron chi connectivity index (χ1n) is 13.0. The Balaban J connectivity index is 0.000000631. The number of pyridine rings is 1. The summed E-state index contributed by atoms with van der Waals surface area (Å²) in [6, 6.07) is 22.3. The lowest BCUT2D eigenvalue weighted by atomic mass is 10.0. The third kappa shape index (κ3) is 8.34. The molecule has 0 aliphatic rings. The number of nitrogens with zero attached hydrogens (tertiary/aromatic N) is 2. The van der Waals surface area contributed by atoms with E-state index in [2.05, 4.69) is 27.3 Å². The number of carbonyl (C=O) groups is 1. The zero-order chi connectivity index (χ0) is 28.2. The SMILES string of the molecule is CCCCNC.CCN(c1ccc(C(=O)Nc2cc(Cl)cc(-c3nccc4ccccc34)c2)cc1)S(=O)NC. The first-order valence-corrected chi connectivity index (χ1v) is 14.5. The predicted molar refractivity (Wildman–Crippen MR) is 166 cm³/mol. The quantitative estimate of drug-likeness (QED) is 0.193. The van der Waals surface area contributed by atoms with Crippen LogP contribution in [0, 0.1) is 0 Å². The van der Waals surface area contributed by atoms with Gasteiger partial charge in [0.05, 0.1) is 11.4 Å². The van der Waals surface area contributed by atoms with E-state index in [4.69, 9.17) is 11.6 Å². The van der Waals surface area contributed by atoms with Crippen LogP contribution in [0.3, 0.4) is 0 Å². The lowest BCUT2D eigenvalue weighted by Gasteiger charge is -2.20. The molecule has 0 radical (unpaired) electrons. The molecule has 0 saturated heterocycles. The fourth-order valence-electron chi connectivity index (χ4n) is 3.99. The van der Waals surface area contributed by atoms with Crippen molar-refractivity contribution in [2.75, 3.05) is 36.8 Å². The van der Waals surface area contributed by atoms with E-state index >= 15 is 0 Å². The summed E-state index contributed by atoms with van der Waals surface area (Å²) in [5, 5.41) is 8.57. The summed E-state index contributed by atoms with van der Waals surface area (Å²) in [5.74, 6) is -0.265. The number of hydrogen-bond donors (Lipinski definition) is 3. The first kappa shape index (κ1) is 30.2. The van der Waals surface area contributed by atoms with Gasteiger partial charge in [0.25, 0.3) is 5.91 Å². The van der Waals surface area contributed by atoms with Crippen LogP contribution < -0.4 is 19.7 Å². The highest BCUT2D eigenvalue weighted by Gasteiger charge is 2.14. The largest absolute Gasteiger partial charge is 0.322 e. The molecule has 0 fully saturated rings. The highest BCUT2D eigenvalue weighted by Crippen LogP contribution is 2.31. The van der Waals surface area contributed by atoms with Gasteiger partial charge in [-0.3, -0.25) is 14.1 Å². The average molecular weight is 566 g/mol. The molecule has 0 spiro atoms. The number of amides is 1. The van der Waals surface area contributed by atoms with Gasteiger partial charge in [-0.1, -0.05) is 49.2 Å². The number of benzene rings is 3. The van der Waals surface area contributed by atoms with Gasteiger partial charge in [0.2, 0.25) is 0 Å². The number of anilines is 2. The summed E-state index contributed by atoms with van der Waals surface area (Å²) < 4.78 is 16.5. The summed E-state index contributed by atoms with van der Waals surface area (Å²) >= 11 is 5.04. The van der Waals surface area contributed by atoms with Crippen molar-refractivity contribution in [3.05, 3.63) is 89.6 Å². The number of hydrogen-bond acceptors (Lipinski definition) is 4. The molecule has 0 bridgehead atoms. The number of nitrogens with one attached hydrogen (secondary N) is 3. The number of halogens is 1. The van der Waals surface area contributed by atoms with Crippen molar-refractivity contribution in [2.45, 2.75) is 26.7 Å². The molecule has 0 saturated carbocycles. The molecule has 4 rings (SSSR count). The zero-order valence-electron chi connectivity index (χ0n) is 22.8. The van der Waals surface area contributed by atoms with E-state index in [1.54, 1.807) is 47.9 Å². The predicted octanol–water partition coefficient (Wildman–Crippen LogP) is 6.44. The fraction of sp³-hybridized carbons (Fsp3) is 0.267. The van der Waals surface area contributed by atoms with Crippen molar-refractivity contribution in [1.29, 1.82) is 0 Å². The summed E-state index contributed by atoms with van der Waals surface area (Å²) in [6.07, 6.45) is 4.36. The highest BCUT2D eigenvalue weighted by atomic mass is 35.5. The van der Waals surface area contributed by atoms with E-state index in [-0.39, 0.29) is 5.91 Å². The van der Waals surface area contributed by atoms with Gasteiger partial charge in [0.1, 0.15) is 0 Å². The van der Waals surface area contributed by atoms with Crippen molar-refractivity contribution in [3.63, 3.8) is 0 Å². The molecule has 39 heavy (non-hydrogen) atoms. The van der Waals surface area contributed by atoms with Crippen LogP contribution in [0.15, 0.2) is 79.0 Å². The second kappa shape index (κ2) is 15.3. The van der Waals surface area contributed by atoms with E-state index in [1.165, 1.54) is 12.8 Å². The van der Waals surface area contributed by atoms with Crippen LogP contribution in [0.2, 0.25) is 5.02 Å². The molecule has 4 aromatic rings. The van der Waals surface area contributed by atoms with Gasteiger partial charge >= 0.3 is 0 Å². The topological polar surface area (TPSA) is 86.4 Å². The van der Waals surface area contributed by atoms with Crippen LogP contribution >= 0.6 is 11.6 Å². The first-order chi connectivity index (χ1) is 18.9. The smallest absolute Gasteiger partial charge is 0.255 e. The zero-order valence-corrected chi connectivity index (χ0v) is 24.4. The number of fused-ring (bicyclic) bond motifs is 1. The Morgan fingerprint density at radius 3 is 2.38 bits per heavy atom. The number of rotatable bonds is 10. The van der Waals surface area contributed by atoms with Gasteiger partial charge in [-0.15, -0.1) is 0 Å². The number of unbranched alkanes of at least 4 members (excludes halogenated alkanes) is 1. The molecule has 1 aromatic heterocycles. The van der Waals surface area contributed by atoms with Gasteiger partial charge in [0.15, 0.2) is 11.2 Å². The maximum absolute atomic E-state index is 12.9. The van der Waals surface area contributed by atoms with E-state index in [9.17, 15) is 9.00 Å². The minimum Gasteiger partial charge on any atom is -0.322 e. The summed E-state index contributed by atoms with van der Waals surface area (Å²) in [5.41, 5.74) is 3.43. The number of carbonyl (C=O) groups excluding carboxylic acids is 1. The van der Waals surface area contributed by atoms with Crippen molar-refractivity contribution in [1.82, 2.24) is 15.0 Å². The van der Waals surface area contributed by atoms with Crippen LogP contribution in [0.4, 0.5) is 11.4 Å². The average Bonchev–Trinajstić information content (AvgIpc) is 2.96. The maximum Gasteiger partial charge on any atom is 0.255 e. The molecule has 1 unspecified atom stereocenters. The Hall–Kier alpha value is -3.30. The molecule has 1 atom stereocenters. The van der Waals surface area contributed by atoms with Crippen molar-refractivity contribution < 1.29 is 9.00 Å². The normalized spacial score (nSPS) is 11.4. The Morgan fingerprint density at radius 2 is 1.74 bits per heavy atom. The molecular formula is C30H36ClN5O2S. The standard InChI is InChI=1S/C25H23ClN4O2S.C5H13N/c1-3-30(33(32)27-2)22-10-8-18(9-11-22)25(31)29-21-15-19(14-20(26)16-21)24-23-7-5-4-6-17(23)12-13-28-24;1-3-4-5-6-2/h4-16,27H,3H2,1-2H3,(H,29,31);6H,3-5H2,1-2H3. The summed E-state index contributed by atoms with van der Waals surface area (Å²) in [4.78, 5) is 17.4. The van der Waals surface area contributed by atoms with Crippen LogP contribution in [0.25, 0.3) is 22.0 Å². The van der Waals surface area contributed by atoms with Crippen LogP contribution in [-0.4, -0.2) is 42.3 Å². The number of aromatic nitrogens is 1. The van der Waals surface area contributed by atoms with Crippen molar-refractivity contribution >= 4 is 50.8 Å². The summed E-state index contributed by atoms with van der Waals surface area (Å²) in [7, 11) is 3.61. The van der Waals surface area contributed by atoms with Gasteiger partial charge in [-0.05, 0) is 87.9 Å². The molecule has 206 valence electrons. The van der Waals surface area contributed by atoms with Gasteiger partial charge in [0, 0.05) is 40.0 Å². The van der Waals surface area contributed by atoms with E-state index in [0.717, 1.165) is 34.3 Å². The second-order valence-corrected chi connectivity index (χ2v) is 10.5. The molecule has 3 aromatic carbocycles. The van der Waals surface area contributed by atoms with Crippen molar-refractivity contribution in [3.8, 4) is 11.3 Å². The molecule has 0 aliphatic heterocycles. The monoisotopic (exact) mass is 565 g/mol. The Bertz CT molecular complexity index is 1390. The Kier molecular flexibility index (Phi) is 11.9. The molecule has 1 amide bonds. The van der Waals surface area contributed by atoms with Crippen LogP contribution in [-0.2, 0) is 11.2 Å². The highest BCUT2D eigenvalue weighted by molar-refractivity contribution is 7.84. The summed E-state index contributed by atoms with van der Waals surface area (Å²) in [6.45, 7) is 5.83. The minimum absolute atomic E-state index is 0.265. The van der Waals surface area contributed by atoms with Gasteiger partial charge < -0.3 is 10.6 Å². The van der Waals surface area contributed by atoms with E-state index in [1.807, 2.05) is 56.4 Å². The van der Waals surface area contributed by atoms with E-state index < -0.39 is 11.2 Å². The third-order valence-electron chi connectivity index (χ3n) is 5.96. The molecule has 3 N–H and O–H groups in total. The van der Waals surface area contributed by atoms with Gasteiger partial charge in [-0.2, -0.15) is 0 Å². The van der Waals surface area contributed by atoms with Gasteiger partial charge in [-0.25, -0.2) is 8.93 Å². The fourth-order valence-corrected chi connectivity index (χ4v) is 4.99. The van der Waals surface area contributed by atoms with Crippen molar-refractivity contribution in [2.24, 2.45) is 0 Å². The Morgan fingerprint density at radius 1 is 1.00 bits per heavy atom.